The number of fused-ring (bicyclic) bond motifs is 2. The highest BCUT2D eigenvalue weighted by molar-refractivity contribution is 7.89. The van der Waals surface area contributed by atoms with Crippen molar-refractivity contribution < 1.29 is 21.6 Å². The van der Waals surface area contributed by atoms with Crippen LogP contribution in [0.1, 0.15) is 44.6 Å². The van der Waals surface area contributed by atoms with Crippen LogP contribution in [0.4, 0.5) is 5.69 Å². The molecule has 156 valence electrons. The van der Waals surface area contributed by atoms with Crippen LogP contribution in [-0.2, 0) is 24.8 Å². The van der Waals surface area contributed by atoms with E-state index in [1.807, 2.05) is 0 Å². The van der Waals surface area contributed by atoms with Crippen LogP contribution in [0.15, 0.2) is 23.1 Å². The van der Waals surface area contributed by atoms with Crippen molar-refractivity contribution in [1.29, 1.82) is 0 Å². The zero-order valence-corrected chi connectivity index (χ0v) is 17.9. The third kappa shape index (κ3) is 4.40. The number of piperidine rings is 1. The Morgan fingerprint density at radius 2 is 1.75 bits per heavy atom. The van der Waals surface area contributed by atoms with E-state index in [9.17, 15) is 21.6 Å². The van der Waals surface area contributed by atoms with E-state index in [-0.39, 0.29) is 28.9 Å². The maximum Gasteiger partial charge on any atom is 0.241 e. The number of hydrogen-bond acceptors (Lipinski definition) is 5. The zero-order valence-electron chi connectivity index (χ0n) is 16.3. The molecule has 1 amide bonds. The minimum atomic E-state index is -3.74. The Bertz CT molecular complexity index is 961. The summed E-state index contributed by atoms with van der Waals surface area (Å²) in [6, 6.07) is 4.12. The summed E-state index contributed by atoms with van der Waals surface area (Å²) in [6.07, 6.45) is 4.04. The number of sulfonamides is 2. The molecule has 3 rings (SSSR count). The van der Waals surface area contributed by atoms with Crippen LogP contribution >= 0.6 is 0 Å². The molecular weight excluding hydrogens is 402 g/mol. The molecule has 1 aromatic rings. The van der Waals surface area contributed by atoms with Gasteiger partial charge in [0, 0.05) is 30.2 Å². The Labute approximate surface area is 166 Å². The van der Waals surface area contributed by atoms with Gasteiger partial charge in [0.1, 0.15) is 0 Å². The normalized spacial score (nSPS) is 25.6. The first-order chi connectivity index (χ1) is 13.0. The number of hydrogen-bond donors (Lipinski definition) is 2. The number of amides is 1. The smallest absolute Gasteiger partial charge is 0.241 e. The number of carbonyl (C=O) groups is 1. The third-order valence-corrected chi connectivity index (χ3v) is 8.48. The Morgan fingerprint density at radius 3 is 2.25 bits per heavy atom. The fourth-order valence-electron chi connectivity index (χ4n) is 4.33. The summed E-state index contributed by atoms with van der Waals surface area (Å²) in [5.74, 6) is -0.138. The van der Waals surface area contributed by atoms with Crippen molar-refractivity contribution in [3.05, 3.63) is 23.8 Å². The van der Waals surface area contributed by atoms with Gasteiger partial charge in [0.2, 0.25) is 26.0 Å². The molecule has 8 nitrogen and oxygen atoms in total. The maximum absolute atomic E-state index is 12.9. The summed E-state index contributed by atoms with van der Waals surface area (Å²) in [6.45, 7) is 3.43. The van der Waals surface area contributed by atoms with Gasteiger partial charge in [-0.15, -0.1) is 0 Å². The van der Waals surface area contributed by atoms with Crippen LogP contribution in [-0.4, -0.2) is 51.4 Å². The SMILES string of the molecule is CCC(=O)Nc1ccc(S(=O)(=O)NC2CC3CCC(C2)N3S(C)(=O)=O)c(C)c1. The Morgan fingerprint density at radius 1 is 1.14 bits per heavy atom. The van der Waals surface area contributed by atoms with Gasteiger partial charge in [0.05, 0.1) is 11.2 Å². The quantitative estimate of drug-likeness (QED) is 0.713. The molecule has 2 heterocycles. The summed E-state index contributed by atoms with van der Waals surface area (Å²) < 4.78 is 54.1. The molecule has 2 fully saturated rings. The highest BCUT2D eigenvalue weighted by atomic mass is 32.2. The van der Waals surface area contributed by atoms with Crippen molar-refractivity contribution in [1.82, 2.24) is 9.03 Å². The highest BCUT2D eigenvalue weighted by Gasteiger charge is 2.46. The predicted molar refractivity (Wildman–Crippen MR) is 107 cm³/mol. The molecule has 0 aliphatic carbocycles. The van der Waals surface area contributed by atoms with E-state index >= 15 is 0 Å². The molecular formula is C18H27N3O5S2. The van der Waals surface area contributed by atoms with Crippen molar-refractivity contribution in [3.63, 3.8) is 0 Å². The van der Waals surface area contributed by atoms with Crippen LogP contribution in [0.2, 0.25) is 0 Å². The van der Waals surface area contributed by atoms with Crippen LogP contribution in [0.3, 0.4) is 0 Å². The molecule has 2 aliphatic heterocycles. The molecule has 2 atom stereocenters. The second-order valence-electron chi connectivity index (χ2n) is 7.65. The Balaban J connectivity index is 1.74. The lowest BCUT2D eigenvalue weighted by molar-refractivity contribution is -0.115. The first kappa shape index (κ1) is 21.2. The van der Waals surface area contributed by atoms with Crippen LogP contribution in [0, 0.1) is 6.92 Å². The highest BCUT2D eigenvalue weighted by Crippen LogP contribution is 2.38. The van der Waals surface area contributed by atoms with Crippen LogP contribution < -0.4 is 10.0 Å². The average Bonchev–Trinajstić information content (AvgIpc) is 2.86. The molecule has 0 saturated carbocycles. The third-order valence-electron chi connectivity index (χ3n) is 5.44. The lowest BCUT2D eigenvalue weighted by Crippen LogP contribution is -2.52. The molecule has 0 radical (unpaired) electrons. The van der Waals surface area contributed by atoms with Crippen molar-refractivity contribution in [3.8, 4) is 0 Å². The van der Waals surface area contributed by atoms with E-state index in [1.165, 1.54) is 12.3 Å². The van der Waals surface area contributed by atoms with E-state index < -0.39 is 20.0 Å². The standard InChI is InChI=1S/C18H27N3O5S2/c1-4-18(22)19-13-5-8-17(12(2)9-13)28(25,26)20-14-10-15-6-7-16(11-14)21(15)27(3,23)24/h5,8-9,14-16,20H,4,6-7,10-11H2,1-3H3,(H,19,22). The summed E-state index contributed by atoms with van der Waals surface area (Å²) in [7, 11) is -7.03. The second-order valence-corrected chi connectivity index (χ2v) is 11.2. The Hall–Kier alpha value is -1.49. The van der Waals surface area contributed by atoms with Crippen molar-refractivity contribution in [2.75, 3.05) is 11.6 Å². The number of nitrogens with one attached hydrogen (secondary N) is 2. The molecule has 2 bridgehead atoms. The molecule has 2 N–H and O–H groups in total. The number of anilines is 1. The molecule has 1 aromatic carbocycles. The number of nitrogens with zero attached hydrogens (tertiary/aromatic N) is 1. The number of aryl methyl sites for hydroxylation is 1. The van der Waals surface area contributed by atoms with Gasteiger partial charge in [-0.05, 0) is 56.4 Å². The first-order valence-corrected chi connectivity index (χ1v) is 12.8. The molecule has 2 saturated heterocycles. The van der Waals surface area contributed by atoms with E-state index in [0.29, 0.717) is 30.5 Å². The molecule has 2 unspecified atom stereocenters. The maximum atomic E-state index is 12.9. The van der Waals surface area contributed by atoms with E-state index in [4.69, 9.17) is 0 Å². The lowest BCUT2D eigenvalue weighted by atomic mass is 10.0. The van der Waals surface area contributed by atoms with Gasteiger partial charge in [-0.3, -0.25) is 4.79 Å². The minimum absolute atomic E-state index is 0.138. The fourth-order valence-corrected chi connectivity index (χ4v) is 7.29. The summed E-state index contributed by atoms with van der Waals surface area (Å²) in [5.41, 5.74) is 1.10. The summed E-state index contributed by atoms with van der Waals surface area (Å²) in [4.78, 5) is 11.7. The van der Waals surface area contributed by atoms with Gasteiger partial charge < -0.3 is 5.32 Å². The molecule has 10 heteroatoms. The topological polar surface area (TPSA) is 113 Å². The molecule has 0 aromatic heterocycles. The summed E-state index contributed by atoms with van der Waals surface area (Å²) >= 11 is 0. The van der Waals surface area contributed by atoms with Gasteiger partial charge in [0.15, 0.2) is 0 Å². The monoisotopic (exact) mass is 429 g/mol. The van der Waals surface area contributed by atoms with Gasteiger partial charge >= 0.3 is 0 Å². The molecule has 0 spiro atoms. The first-order valence-electron chi connectivity index (χ1n) is 9.42. The number of carbonyl (C=O) groups excluding carboxylic acids is 1. The van der Waals surface area contributed by atoms with E-state index in [2.05, 4.69) is 10.0 Å². The summed E-state index contributed by atoms with van der Waals surface area (Å²) in [5, 5.41) is 2.71. The number of benzene rings is 1. The van der Waals surface area contributed by atoms with E-state index in [1.54, 1.807) is 30.3 Å². The molecule has 28 heavy (non-hydrogen) atoms. The zero-order chi connectivity index (χ0) is 20.7. The predicted octanol–water partition coefficient (Wildman–Crippen LogP) is 1.58. The minimum Gasteiger partial charge on any atom is -0.326 e. The van der Waals surface area contributed by atoms with Gasteiger partial charge in [-0.2, -0.15) is 4.31 Å². The van der Waals surface area contributed by atoms with Crippen LogP contribution in [0.5, 0.6) is 0 Å². The average molecular weight is 430 g/mol. The second kappa shape index (κ2) is 7.74. The molecule has 2 aliphatic rings. The Kier molecular flexibility index (Phi) is 5.86. The van der Waals surface area contributed by atoms with Crippen molar-refractivity contribution in [2.45, 2.75) is 69.0 Å². The number of rotatable bonds is 6. The largest absolute Gasteiger partial charge is 0.326 e. The van der Waals surface area contributed by atoms with E-state index in [0.717, 1.165) is 12.8 Å². The van der Waals surface area contributed by atoms with Gasteiger partial charge in [0.25, 0.3) is 0 Å². The van der Waals surface area contributed by atoms with Crippen LogP contribution in [0.25, 0.3) is 0 Å². The lowest BCUT2D eigenvalue weighted by Gasteiger charge is -2.37. The van der Waals surface area contributed by atoms with Crippen molar-refractivity contribution >= 4 is 31.6 Å². The van der Waals surface area contributed by atoms with Gasteiger partial charge in [-0.1, -0.05) is 6.92 Å². The van der Waals surface area contributed by atoms with Crippen molar-refractivity contribution in [2.24, 2.45) is 0 Å². The fraction of sp³-hybridized carbons (Fsp3) is 0.611. The van der Waals surface area contributed by atoms with Gasteiger partial charge in [-0.25, -0.2) is 21.6 Å².